The second-order valence-corrected chi connectivity index (χ2v) is 17.5. The molecule has 15 nitrogen and oxygen atoms in total. The van der Waals surface area contributed by atoms with E-state index in [2.05, 4.69) is 19.9 Å². The number of aliphatic imine (C=N–C) groups is 1. The van der Waals surface area contributed by atoms with Crippen molar-refractivity contribution < 1.29 is 40.9 Å². The minimum atomic E-state index is -4.71. The topological polar surface area (TPSA) is 189 Å². The number of β-amino-alcohol motifs (C(OH)–C–C–N with tert-alkyl or cyclic N) is 1. The molecule has 2 aliphatic heterocycles. The predicted octanol–water partition coefficient (Wildman–Crippen LogP) is 4.13. The summed E-state index contributed by atoms with van der Waals surface area (Å²) in [5.74, 6) is 1.11. The molecule has 2 aliphatic rings. The van der Waals surface area contributed by atoms with E-state index in [1.807, 2.05) is 22.6 Å². The highest BCUT2D eigenvalue weighted by Gasteiger charge is 2.42. The summed E-state index contributed by atoms with van der Waals surface area (Å²) in [5.41, 5.74) is 0.370. The van der Waals surface area contributed by atoms with E-state index in [-0.39, 0.29) is 44.2 Å². The Kier molecular flexibility index (Phi) is 11.7. The predicted molar refractivity (Wildman–Crippen MR) is 196 cm³/mol. The number of nitrogens with one attached hydrogen (secondary N) is 1. The molecular formula is C33H39IN6O9S2. The smallest absolute Gasteiger partial charge is 0.410 e. The van der Waals surface area contributed by atoms with E-state index in [9.17, 15) is 18.3 Å². The van der Waals surface area contributed by atoms with Gasteiger partial charge in [-0.3, -0.25) is 0 Å². The van der Waals surface area contributed by atoms with Crippen LogP contribution in [0.2, 0.25) is 0 Å². The van der Waals surface area contributed by atoms with E-state index in [1.165, 1.54) is 35.6 Å². The molecule has 0 unspecified atom stereocenters. The van der Waals surface area contributed by atoms with Crippen molar-refractivity contribution in [2.45, 2.75) is 61.4 Å². The Bertz CT molecular complexity index is 1990. The summed E-state index contributed by atoms with van der Waals surface area (Å²) in [7, 11) is -6.37. The first-order valence-corrected chi connectivity index (χ1v) is 19.7. The van der Waals surface area contributed by atoms with Crippen LogP contribution in [0.4, 0.5) is 4.79 Å². The van der Waals surface area contributed by atoms with Gasteiger partial charge in [0.25, 0.3) is 0 Å². The van der Waals surface area contributed by atoms with Crippen molar-refractivity contribution in [3.63, 3.8) is 0 Å². The maximum atomic E-state index is 15.1. The third-order valence-electron chi connectivity index (χ3n) is 7.91. The maximum absolute atomic E-state index is 15.1. The first kappa shape index (κ1) is 38.5. The van der Waals surface area contributed by atoms with Crippen LogP contribution < -0.4 is 14.2 Å². The standard InChI is InChI=1S/C33H39IN6O9S2/c1-33(2,3)49-32(42)39-18-26(27(41)19-39)38-50(43,44)28-15-14-25(34)29(31-35-20-36-37-31)30(28)51(45,46)40(16-21-6-10-23(47-4)11-7-21)17-22-8-12-24(48-5)13-9-22/h6-15,26-27,38,41H,16-20H2,1-5H3/t26-,27+/m1/s1. The number of amidine groups is 1. The first-order valence-electron chi connectivity index (χ1n) is 15.7. The Balaban J connectivity index is 1.61. The zero-order valence-corrected chi connectivity index (χ0v) is 32.4. The number of likely N-dealkylation sites (tertiary alicyclic amines) is 1. The van der Waals surface area contributed by atoms with E-state index in [0.29, 0.717) is 26.2 Å². The summed E-state index contributed by atoms with van der Waals surface area (Å²) in [6.07, 6.45) is -2.02. The molecule has 0 aromatic heterocycles. The van der Waals surface area contributed by atoms with Crippen LogP contribution in [-0.2, 0) is 37.9 Å². The lowest BCUT2D eigenvalue weighted by atomic mass is 10.2. The molecule has 0 radical (unpaired) electrons. The number of sulfonamides is 2. The molecule has 3 aromatic carbocycles. The minimum Gasteiger partial charge on any atom is -0.497 e. The monoisotopic (exact) mass is 854 g/mol. The average molecular weight is 855 g/mol. The van der Waals surface area contributed by atoms with Crippen molar-refractivity contribution in [2.75, 3.05) is 34.0 Å². The van der Waals surface area contributed by atoms with Crippen LogP contribution in [0.1, 0.15) is 37.5 Å². The van der Waals surface area contributed by atoms with Crippen molar-refractivity contribution in [2.24, 2.45) is 15.2 Å². The van der Waals surface area contributed by atoms with Crippen LogP contribution in [-0.4, -0.2) is 94.8 Å². The SMILES string of the molecule is COc1ccc(CN(Cc2ccc(OC)cc2)S(=O)(=O)c2c(S(=O)(=O)N[C@@H]3CN(C(=O)OC(C)(C)C)C[C@@H]3O)ccc(I)c2C2=NCN=N2)cc1. The third kappa shape index (κ3) is 9.04. The van der Waals surface area contributed by atoms with Gasteiger partial charge in [0, 0.05) is 23.2 Å². The number of carbonyl (C=O) groups is 1. The fourth-order valence-corrected chi connectivity index (χ4v) is 9.99. The highest BCUT2D eigenvalue weighted by molar-refractivity contribution is 14.1. The van der Waals surface area contributed by atoms with E-state index in [1.54, 1.807) is 69.3 Å². The molecule has 0 bridgehead atoms. The molecule has 1 fully saturated rings. The second kappa shape index (κ2) is 15.5. The lowest BCUT2D eigenvalue weighted by Gasteiger charge is -2.26. The fourth-order valence-electron chi connectivity index (χ4n) is 5.44. The molecule has 2 N–H and O–H groups in total. The number of azo groups is 1. The van der Waals surface area contributed by atoms with E-state index < -0.39 is 53.7 Å². The van der Waals surface area contributed by atoms with Gasteiger partial charge in [0.15, 0.2) is 12.5 Å². The van der Waals surface area contributed by atoms with Crippen LogP contribution in [0.5, 0.6) is 11.5 Å². The average Bonchev–Trinajstić information content (AvgIpc) is 3.74. The number of hydrogen-bond donors (Lipinski definition) is 2. The number of nitrogens with zero attached hydrogens (tertiary/aromatic N) is 5. The number of aliphatic hydroxyl groups excluding tert-OH is 1. The molecule has 0 spiro atoms. The Morgan fingerprint density at radius 3 is 2.00 bits per heavy atom. The van der Waals surface area contributed by atoms with Gasteiger partial charge < -0.3 is 24.2 Å². The van der Waals surface area contributed by atoms with E-state index >= 15 is 8.42 Å². The number of carbonyl (C=O) groups excluding carboxylic acids is 1. The van der Waals surface area contributed by atoms with Crippen molar-refractivity contribution >= 4 is 54.6 Å². The Hall–Kier alpha value is -3.69. The summed E-state index contributed by atoms with van der Waals surface area (Å²) in [6, 6.07) is 15.2. The van der Waals surface area contributed by atoms with Gasteiger partial charge in [0.2, 0.25) is 20.0 Å². The van der Waals surface area contributed by atoms with Crippen LogP contribution in [0.15, 0.2) is 85.7 Å². The Morgan fingerprint density at radius 1 is 0.941 bits per heavy atom. The molecule has 274 valence electrons. The van der Waals surface area contributed by atoms with Gasteiger partial charge >= 0.3 is 6.09 Å². The molecule has 51 heavy (non-hydrogen) atoms. The second-order valence-electron chi connectivity index (χ2n) is 12.8. The van der Waals surface area contributed by atoms with Gasteiger partial charge in [-0.2, -0.15) is 9.42 Å². The quantitative estimate of drug-likeness (QED) is 0.253. The van der Waals surface area contributed by atoms with Gasteiger partial charge in [0.05, 0.1) is 38.5 Å². The molecule has 0 saturated carbocycles. The summed E-state index contributed by atoms with van der Waals surface area (Å²) in [6.45, 7) is 4.32. The van der Waals surface area contributed by atoms with Crippen molar-refractivity contribution in [1.29, 1.82) is 0 Å². The van der Waals surface area contributed by atoms with E-state index in [4.69, 9.17) is 14.2 Å². The van der Waals surface area contributed by atoms with Crippen LogP contribution >= 0.6 is 22.6 Å². The van der Waals surface area contributed by atoms with Gasteiger partial charge in [-0.25, -0.2) is 31.3 Å². The molecule has 3 aromatic rings. The summed E-state index contributed by atoms with van der Waals surface area (Å²) in [5, 5.41) is 18.8. The Labute approximate surface area is 310 Å². The zero-order valence-electron chi connectivity index (χ0n) is 28.6. The number of halogens is 1. The maximum Gasteiger partial charge on any atom is 0.410 e. The number of rotatable bonds is 12. The van der Waals surface area contributed by atoms with Gasteiger partial charge in [-0.05, 0) is 90.9 Å². The van der Waals surface area contributed by atoms with Crippen LogP contribution in [0.3, 0.4) is 0 Å². The summed E-state index contributed by atoms with van der Waals surface area (Å²) < 4.78 is 78.7. The van der Waals surface area contributed by atoms with Crippen molar-refractivity contribution in [1.82, 2.24) is 13.9 Å². The number of ether oxygens (including phenoxy) is 3. The number of benzene rings is 3. The number of methoxy groups -OCH3 is 2. The number of amides is 1. The number of aliphatic hydroxyl groups is 1. The molecule has 1 amide bonds. The molecule has 5 rings (SSSR count). The minimum absolute atomic E-state index is 0.0310. The molecule has 18 heteroatoms. The van der Waals surface area contributed by atoms with Gasteiger partial charge in [-0.1, -0.05) is 24.3 Å². The van der Waals surface area contributed by atoms with Crippen molar-refractivity contribution in [3.05, 3.63) is 80.9 Å². The molecule has 2 atom stereocenters. The summed E-state index contributed by atoms with van der Waals surface area (Å²) >= 11 is 1.91. The van der Waals surface area contributed by atoms with E-state index in [0.717, 1.165) is 0 Å². The highest BCUT2D eigenvalue weighted by Crippen LogP contribution is 2.35. The lowest BCUT2D eigenvalue weighted by Crippen LogP contribution is -2.44. The Morgan fingerprint density at radius 2 is 1.51 bits per heavy atom. The highest BCUT2D eigenvalue weighted by atomic mass is 127. The van der Waals surface area contributed by atoms with Gasteiger partial charge in [0.1, 0.15) is 26.9 Å². The van der Waals surface area contributed by atoms with Gasteiger partial charge in [-0.15, -0.1) is 5.11 Å². The number of hydrogen-bond acceptors (Lipinski definition) is 12. The molecule has 1 saturated heterocycles. The summed E-state index contributed by atoms with van der Waals surface area (Å²) in [4.78, 5) is 17.0. The van der Waals surface area contributed by atoms with Crippen LogP contribution in [0.25, 0.3) is 0 Å². The zero-order chi connectivity index (χ0) is 37.1. The molecular weight excluding hydrogens is 815 g/mol. The van der Waals surface area contributed by atoms with Crippen molar-refractivity contribution in [3.8, 4) is 11.5 Å². The normalized spacial score (nSPS) is 17.9. The third-order valence-corrected chi connectivity index (χ3v) is 12.4. The first-order chi connectivity index (χ1) is 24.0. The molecule has 2 heterocycles. The van der Waals surface area contributed by atoms with Crippen LogP contribution in [0, 0.1) is 3.57 Å². The lowest BCUT2D eigenvalue weighted by molar-refractivity contribution is 0.0270. The largest absolute Gasteiger partial charge is 0.497 e. The fraction of sp³-hybridized carbons (Fsp3) is 0.394. The molecule has 0 aliphatic carbocycles.